The number of rotatable bonds is 6. The van der Waals surface area contributed by atoms with Crippen LogP contribution in [0.1, 0.15) is 30.4 Å². The largest absolute Gasteiger partial charge is 0.367 e. The third-order valence-corrected chi connectivity index (χ3v) is 7.35. The molecule has 1 atom stereocenters. The van der Waals surface area contributed by atoms with E-state index < -0.39 is 5.54 Å². The number of fused-ring (bicyclic) bond motifs is 1. The number of hydrogen-bond donors (Lipinski definition) is 1. The lowest BCUT2D eigenvalue weighted by Gasteiger charge is -2.36. The molecule has 7 heteroatoms. The van der Waals surface area contributed by atoms with Gasteiger partial charge in [-0.2, -0.15) is 0 Å². The molecule has 2 saturated heterocycles. The zero-order valence-corrected chi connectivity index (χ0v) is 18.9. The monoisotopic (exact) mass is 450 g/mol. The molecular weight excluding hydrogens is 419 g/mol. The summed E-state index contributed by atoms with van der Waals surface area (Å²) in [6.07, 6.45) is 3.77. The Balaban J connectivity index is 1.08. The van der Waals surface area contributed by atoms with Crippen LogP contribution in [-0.4, -0.2) is 66.5 Å². The SMILES string of the molecule is O=C1NC2(CCc3ccccc3C2)C(=O)N1CCCCN1CCN(c2ccccc2F)CC1. The first-order valence-corrected chi connectivity index (χ1v) is 12.0. The van der Waals surface area contributed by atoms with E-state index in [2.05, 4.69) is 27.2 Å². The quantitative estimate of drug-likeness (QED) is 0.543. The number of anilines is 1. The molecule has 6 nitrogen and oxygen atoms in total. The fourth-order valence-electron chi connectivity index (χ4n) is 5.43. The summed E-state index contributed by atoms with van der Waals surface area (Å²) in [6.45, 7) is 4.77. The van der Waals surface area contributed by atoms with Crippen molar-refractivity contribution < 1.29 is 14.0 Å². The number of amides is 3. The fourth-order valence-corrected chi connectivity index (χ4v) is 5.43. The molecule has 0 saturated carbocycles. The number of urea groups is 1. The molecule has 33 heavy (non-hydrogen) atoms. The van der Waals surface area contributed by atoms with Crippen LogP contribution >= 0.6 is 0 Å². The van der Waals surface area contributed by atoms with Crippen LogP contribution in [0.4, 0.5) is 14.9 Å². The number of aryl methyl sites for hydroxylation is 1. The summed E-state index contributed by atoms with van der Waals surface area (Å²) in [6, 6.07) is 14.9. The Morgan fingerprint density at radius 3 is 2.36 bits per heavy atom. The number of para-hydroxylation sites is 1. The molecule has 0 bridgehead atoms. The lowest BCUT2D eigenvalue weighted by atomic mass is 9.78. The van der Waals surface area contributed by atoms with Gasteiger partial charge >= 0.3 is 6.03 Å². The third kappa shape index (κ3) is 4.34. The van der Waals surface area contributed by atoms with E-state index >= 15 is 0 Å². The summed E-state index contributed by atoms with van der Waals surface area (Å²) in [4.78, 5) is 31.7. The minimum absolute atomic E-state index is 0.0690. The average molecular weight is 451 g/mol. The molecule has 2 aliphatic heterocycles. The van der Waals surface area contributed by atoms with Crippen molar-refractivity contribution in [1.82, 2.24) is 15.1 Å². The van der Waals surface area contributed by atoms with E-state index in [1.807, 2.05) is 24.3 Å². The van der Waals surface area contributed by atoms with Crippen molar-refractivity contribution in [2.75, 3.05) is 44.2 Å². The van der Waals surface area contributed by atoms with Crippen molar-refractivity contribution in [2.45, 2.75) is 37.6 Å². The number of unbranched alkanes of at least 4 members (excludes halogenated alkanes) is 1. The Hall–Kier alpha value is -2.93. The standard InChI is InChI=1S/C26H31FN4O2/c27-22-9-3-4-10-23(22)30-17-15-29(16-18-30)13-5-6-14-31-24(32)26(28-25(31)33)12-11-20-7-1-2-8-21(20)19-26/h1-4,7-10H,5-6,11-19H2,(H,28,33). The van der Waals surface area contributed by atoms with Gasteiger partial charge in [0.15, 0.2) is 0 Å². The smallest absolute Gasteiger partial charge is 0.325 e. The number of carbonyl (C=O) groups excluding carboxylic acids is 2. The van der Waals surface area contributed by atoms with Crippen molar-refractivity contribution in [1.29, 1.82) is 0 Å². The molecule has 1 spiro atoms. The summed E-state index contributed by atoms with van der Waals surface area (Å²) < 4.78 is 14.0. The number of imide groups is 1. The molecule has 0 radical (unpaired) electrons. The summed E-state index contributed by atoms with van der Waals surface area (Å²) >= 11 is 0. The van der Waals surface area contributed by atoms with Crippen molar-refractivity contribution >= 4 is 17.6 Å². The van der Waals surface area contributed by atoms with Gasteiger partial charge in [-0.1, -0.05) is 36.4 Å². The second-order valence-corrected chi connectivity index (χ2v) is 9.40. The Kier molecular flexibility index (Phi) is 6.06. The zero-order chi connectivity index (χ0) is 22.8. The lowest BCUT2D eigenvalue weighted by Crippen LogP contribution is -2.51. The van der Waals surface area contributed by atoms with Gasteiger partial charge in [0.2, 0.25) is 0 Å². The first kappa shape index (κ1) is 21.9. The predicted octanol–water partition coefficient (Wildman–Crippen LogP) is 3.21. The number of nitrogens with zero attached hydrogens (tertiary/aromatic N) is 3. The van der Waals surface area contributed by atoms with E-state index in [-0.39, 0.29) is 17.8 Å². The van der Waals surface area contributed by atoms with Crippen LogP contribution < -0.4 is 10.2 Å². The maximum atomic E-state index is 14.0. The van der Waals surface area contributed by atoms with Crippen LogP contribution in [0.2, 0.25) is 0 Å². The molecule has 2 heterocycles. The van der Waals surface area contributed by atoms with Crippen LogP contribution in [0.3, 0.4) is 0 Å². The van der Waals surface area contributed by atoms with Crippen LogP contribution in [0.15, 0.2) is 48.5 Å². The van der Waals surface area contributed by atoms with Gasteiger partial charge in [-0.05, 0) is 55.5 Å². The number of halogens is 1. The van der Waals surface area contributed by atoms with E-state index in [0.29, 0.717) is 25.1 Å². The number of nitrogens with one attached hydrogen (secondary N) is 1. The second kappa shape index (κ2) is 9.14. The minimum Gasteiger partial charge on any atom is -0.367 e. The molecule has 174 valence electrons. The topological polar surface area (TPSA) is 55.9 Å². The van der Waals surface area contributed by atoms with Crippen LogP contribution in [0.25, 0.3) is 0 Å². The number of carbonyl (C=O) groups is 2. The molecule has 1 aliphatic carbocycles. The van der Waals surface area contributed by atoms with E-state index in [0.717, 1.165) is 57.5 Å². The number of benzene rings is 2. The Labute approximate surface area is 194 Å². The summed E-state index contributed by atoms with van der Waals surface area (Å²) in [5, 5.41) is 3.02. The van der Waals surface area contributed by atoms with Gasteiger partial charge in [0.05, 0.1) is 5.69 Å². The highest BCUT2D eigenvalue weighted by Crippen LogP contribution is 2.33. The predicted molar refractivity (Wildman–Crippen MR) is 126 cm³/mol. The van der Waals surface area contributed by atoms with Gasteiger partial charge < -0.3 is 10.2 Å². The van der Waals surface area contributed by atoms with E-state index in [9.17, 15) is 14.0 Å². The maximum Gasteiger partial charge on any atom is 0.325 e. The highest BCUT2D eigenvalue weighted by Gasteiger charge is 2.51. The Morgan fingerprint density at radius 2 is 1.58 bits per heavy atom. The normalized spacial score (nSPS) is 23.2. The van der Waals surface area contributed by atoms with Gasteiger partial charge in [0, 0.05) is 39.1 Å². The molecule has 2 fully saturated rings. The molecule has 1 unspecified atom stereocenters. The molecule has 5 rings (SSSR count). The van der Waals surface area contributed by atoms with Gasteiger partial charge in [0.25, 0.3) is 5.91 Å². The van der Waals surface area contributed by atoms with Crippen molar-refractivity contribution in [2.24, 2.45) is 0 Å². The van der Waals surface area contributed by atoms with Gasteiger partial charge in [-0.15, -0.1) is 0 Å². The first-order chi connectivity index (χ1) is 16.1. The van der Waals surface area contributed by atoms with Gasteiger partial charge in [0.1, 0.15) is 11.4 Å². The fraction of sp³-hybridized carbons (Fsp3) is 0.462. The van der Waals surface area contributed by atoms with Crippen LogP contribution in [0.5, 0.6) is 0 Å². The lowest BCUT2D eigenvalue weighted by molar-refractivity contribution is -0.131. The zero-order valence-electron chi connectivity index (χ0n) is 18.9. The van der Waals surface area contributed by atoms with Crippen LogP contribution in [-0.2, 0) is 17.6 Å². The third-order valence-electron chi connectivity index (χ3n) is 7.35. The highest BCUT2D eigenvalue weighted by molar-refractivity contribution is 6.07. The number of piperazine rings is 1. The summed E-state index contributed by atoms with van der Waals surface area (Å²) in [7, 11) is 0. The molecule has 2 aromatic carbocycles. The van der Waals surface area contributed by atoms with Gasteiger partial charge in [-0.25, -0.2) is 9.18 Å². The number of hydrogen-bond acceptors (Lipinski definition) is 4. The Morgan fingerprint density at radius 1 is 0.879 bits per heavy atom. The van der Waals surface area contributed by atoms with E-state index in [4.69, 9.17) is 0 Å². The first-order valence-electron chi connectivity index (χ1n) is 12.0. The molecular formula is C26H31FN4O2. The summed E-state index contributed by atoms with van der Waals surface area (Å²) in [5.41, 5.74) is 2.34. The molecule has 0 aromatic heterocycles. The van der Waals surface area contributed by atoms with Crippen molar-refractivity contribution in [3.8, 4) is 0 Å². The molecule has 1 N–H and O–H groups in total. The molecule has 2 aromatic rings. The molecule has 3 aliphatic rings. The van der Waals surface area contributed by atoms with Gasteiger partial charge in [-0.3, -0.25) is 14.6 Å². The Bertz CT molecular complexity index is 1040. The van der Waals surface area contributed by atoms with E-state index in [1.165, 1.54) is 16.5 Å². The maximum absolute atomic E-state index is 14.0. The van der Waals surface area contributed by atoms with Crippen LogP contribution in [0, 0.1) is 5.82 Å². The van der Waals surface area contributed by atoms with E-state index in [1.54, 1.807) is 6.07 Å². The summed E-state index contributed by atoms with van der Waals surface area (Å²) in [5.74, 6) is -0.237. The second-order valence-electron chi connectivity index (χ2n) is 9.40. The van der Waals surface area contributed by atoms with Crippen molar-refractivity contribution in [3.63, 3.8) is 0 Å². The minimum atomic E-state index is -0.769. The average Bonchev–Trinajstić information content (AvgIpc) is 3.06. The molecule has 3 amide bonds. The van der Waals surface area contributed by atoms with Crippen molar-refractivity contribution in [3.05, 3.63) is 65.5 Å². The highest BCUT2D eigenvalue weighted by atomic mass is 19.1.